The number of hydrogen-bond acceptors (Lipinski definition) is 4. The van der Waals surface area contributed by atoms with Crippen LogP contribution in [0.25, 0.3) is 0 Å². The van der Waals surface area contributed by atoms with Crippen molar-refractivity contribution in [3.63, 3.8) is 0 Å². The van der Waals surface area contributed by atoms with Crippen molar-refractivity contribution in [3.05, 3.63) is 40.3 Å². The van der Waals surface area contributed by atoms with E-state index in [0.29, 0.717) is 0 Å². The summed E-state index contributed by atoms with van der Waals surface area (Å²) >= 11 is 2.98. The molecule has 0 atom stereocenters. The highest BCUT2D eigenvalue weighted by Gasteiger charge is 2.15. The van der Waals surface area contributed by atoms with Crippen LogP contribution in [0.15, 0.2) is 22.8 Å². The first-order valence-corrected chi connectivity index (χ1v) is 5.83. The predicted molar refractivity (Wildman–Crippen MR) is 65.7 cm³/mol. The molecule has 100 valence electrons. The zero-order chi connectivity index (χ0) is 14.0. The van der Waals surface area contributed by atoms with Crippen LogP contribution >= 0.6 is 15.9 Å². The highest BCUT2D eigenvalue weighted by atomic mass is 79.9. The average molecular weight is 334 g/mol. The molecule has 0 radical (unpaired) electrons. The molecule has 1 heterocycles. The van der Waals surface area contributed by atoms with Gasteiger partial charge in [-0.15, -0.1) is 0 Å². The largest absolute Gasteiger partial charge is 0.433 e. The fourth-order valence-corrected chi connectivity index (χ4v) is 1.66. The molecular weight excluding hydrogens is 327 g/mol. The van der Waals surface area contributed by atoms with Crippen molar-refractivity contribution >= 4 is 21.9 Å². The van der Waals surface area contributed by atoms with Gasteiger partial charge in [0.15, 0.2) is 11.6 Å². The van der Waals surface area contributed by atoms with Crippen LogP contribution in [-0.4, -0.2) is 17.0 Å². The predicted octanol–water partition coefficient (Wildman–Crippen LogP) is 3.49. The molecular formula is C11H7BrF3N3O. The van der Waals surface area contributed by atoms with E-state index in [1.54, 1.807) is 0 Å². The van der Waals surface area contributed by atoms with Gasteiger partial charge in [-0.1, -0.05) is 15.9 Å². The van der Waals surface area contributed by atoms with Crippen LogP contribution in [0.3, 0.4) is 0 Å². The minimum absolute atomic E-state index is 0.0901. The molecule has 0 bridgehead atoms. The smallest absolute Gasteiger partial charge is 0.260 e. The molecule has 0 fully saturated rings. The van der Waals surface area contributed by atoms with E-state index in [9.17, 15) is 13.2 Å². The van der Waals surface area contributed by atoms with Crippen molar-refractivity contribution in [2.24, 2.45) is 0 Å². The first-order valence-electron chi connectivity index (χ1n) is 5.04. The Morgan fingerprint density at radius 2 is 1.95 bits per heavy atom. The summed E-state index contributed by atoms with van der Waals surface area (Å²) in [4.78, 5) is 7.26. The zero-order valence-corrected chi connectivity index (χ0v) is 11.1. The maximum atomic E-state index is 13.5. The van der Waals surface area contributed by atoms with Crippen molar-refractivity contribution in [3.8, 4) is 11.6 Å². The van der Waals surface area contributed by atoms with Gasteiger partial charge in [0.25, 0.3) is 5.88 Å². The Morgan fingerprint density at radius 3 is 2.63 bits per heavy atom. The van der Waals surface area contributed by atoms with Gasteiger partial charge in [-0.25, -0.2) is 9.37 Å². The monoisotopic (exact) mass is 333 g/mol. The van der Waals surface area contributed by atoms with Crippen molar-refractivity contribution in [1.29, 1.82) is 0 Å². The third-order valence-corrected chi connectivity index (χ3v) is 2.56. The lowest BCUT2D eigenvalue weighted by Gasteiger charge is -2.08. The maximum absolute atomic E-state index is 13.5. The summed E-state index contributed by atoms with van der Waals surface area (Å²) in [5.74, 6) is -4.13. The van der Waals surface area contributed by atoms with Crippen LogP contribution in [0, 0.1) is 17.5 Å². The number of nitrogens with one attached hydrogen (secondary N) is 1. The molecule has 0 aliphatic rings. The normalized spacial score (nSPS) is 10.4. The summed E-state index contributed by atoms with van der Waals surface area (Å²) in [6.07, 6.45) is 0.862. The zero-order valence-electron chi connectivity index (χ0n) is 9.55. The number of anilines is 1. The fraction of sp³-hybridized carbons (Fsp3) is 0.0909. The molecule has 2 rings (SSSR count). The summed E-state index contributed by atoms with van der Waals surface area (Å²) in [6, 6.07) is 2.09. The maximum Gasteiger partial charge on any atom is 0.260 e. The Balaban J connectivity index is 2.41. The van der Waals surface area contributed by atoms with Gasteiger partial charge in [-0.2, -0.15) is 13.8 Å². The molecule has 0 saturated carbocycles. The number of aromatic nitrogens is 2. The van der Waals surface area contributed by atoms with Crippen molar-refractivity contribution in [1.82, 2.24) is 9.97 Å². The number of ether oxygens (including phenoxy) is 1. The molecule has 4 nitrogen and oxygen atoms in total. The number of nitrogens with zero attached hydrogens (tertiary/aromatic N) is 2. The van der Waals surface area contributed by atoms with Crippen LogP contribution in [0.1, 0.15) is 0 Å². The molecule has 0 aliphatic carbocycles. The van der Waals surface area contributed by atoms with Crippen molar-refractivity contribution < 1.29 is 17.9 Å². The molecule has 0 aliphatic heterocycles. The van der Waals surface area contributed by atoms with Gasteiger partial charge in [-0.05, 0) is 12.1 Å². The molecule has 8 heteroatoms. The molecule has 2 aromatic rings. The lowest BCUT2D eigenvalue weighted by molar-refractivity contribution is 0.382. The Bertz CT molecular complexity index is 624. The van der Waals surface area contributed by atoms with Crippen molar-refractivity contribution in [2.45, 2.75) is 0 Å². The van der Waals surface area contributed by atoms with Crippen molar-refractivity contribution in [2.75, 3.05) is 12.4 Å². The van der Waals surface area contributed by atoms with Gasteiger partial charge in [0, 0.05) is 11.5 Å². The lowest BCUT2D eigenvalue weighted by atomic mass is 10.3. The van der Waals surface area contributed by atoms with E-state index < -0.39 is 29.1 Å². The first-order chi connectivity index (χ1) is 9.01. The Hall–Kier alpha value is -1.83. The quantitative estimate of drug-likeness (QED) is 0.873. The fourth-order valence-electron chi connectivity index (χ4n) is 1.25. The lowest BCUT2D eigenvalue weighted by Crippen LogP contribution is -2.01. The molecule has 1 aromatic heterocycles. The highest BCUT2D eigenvalue weighted by Crippen LogP contribution is 2.30. The topological polar surface area (TPSA) is 47.0 Å². The summed E-state index contributed by atoms with van der Waals surface area (Å²) in [7, 11) is 1.52. The Labute approximate surface area is 114 Å². The van der Waals surface area contributed by atoms with Gasteiger partial charge in [0.05, 0.1) is 6.20 Å². The first kappa shape index (κ1) is 13.6. The van der Waals surface area contributed by atoms with E-state index in [2.05, 4.69) is 31.2 Å². The van der Waals surface area contributed by atoms with Gasteiger partial charge >= 0.3 is 0 Å². The molecule has 19 heavy (non-hydrogen) atoms. The van der Waals surface area contributed by atoms with Crippen LogP contribution in [-0.2, 0) is 0 Å². The number of benzene rings is 1. The summed E-state index contributed by atoms with van der Waals surface area (Å²) < 4.78 is 45.3. The number of rotatable bonds is 3. The molecule has 1 aromatic carbocycles. The number of halogens is 4. The second-order valence-corrected chi connectivity index (χ2v) is 4.31. The van der Waals surface area contributed by atoms with E-state index in [1.165, 1.54) is 13.1 Å². The third kappa shape index (κ3) is 2.95. The van der Waals surface area contributed by atoms with Gasteiger partial charge in [-0.3, -0.25) is 0 Å². The molecule has 0 amide bonds. The Morgan fingerprint density at radius 1 is 1.21 bits per heavy atom. The summed E-state index contributed by atoms with van der Waals surface area (Å²) in [5, 5.41) is 2.57. The molecule has 1 N–H and O–H groups in total. The molecule has 0 spiro atoms. The van der Waals surface area contributed by atoms with Crippen LogP contribution in [0.4, 0.5) is 19.1 Å². The summed E-state index contributed by atoms with van der Waals surface area (Å²) in [5.41, 5.74) is 0. The highest BCUT2D eigenvalue weighted by molar-refractivity contribution is 9.10. The third-order valence-electron chi connectivity index (χ3n) is 2.10. The minimum Gasteiger partial charge on any atom is -0.433 e. The second kappa shape index (κ2) is 5.43. The molecule has 0 saturated heterocycles. The van der Waals surface area contributed by atoms with E-state index in [4.69, 9.17) is 4.74 Å². The minimum atomic E-state index is -1.23. The summed E-state index contributed by atoms with van der Waals surface area (Å²) in [6.45, 7) is 0. The second-order valence-electron chi connectivity index (χ2n) is 3.40. The van der Waals surface area contributed by atoms with E-state index in [0.717, 1.165) is 12.3 Å². The van der Waals surface area contributed by atoms with Crippen LogP contribution < -0.4 is 10.1 Å². The standard InChI is InChI=1S/C11H7BrF3N3O/c1-16-11-17-4-7(14)10(18-11)19-8-3-5(12)2-6(13)9(8)15/h2-4H,1H3,(H,16,17,18). The van der Waals surface area contributed by atoms with E-state index in [-0.39, 0.29) is 10.4 Å². The Kier molecular flexibility index (Phi) is 3.89. The van der Waals surface area contributed by atoms with Crippen LogP contribution in [0.2, 0.25) is 0 Å². The molecule has 0 unspecified atom stereocenters. The van der Waals surface area contributed by atoms with E-state index in [1.807, 2.05) is 0 Å². The average Bonchev–Trinajstić information content (AvgIpc) is 2.38. The SMILES string of the molecule is CNc1ncc(F)c(Oc2cc(Br)cc(F)c2F)n1. The number of hydrogen-bond donors (Lipinski definition) is 1. The van der Waals surface area contributed by atoms with Gasteiger partial charge in [0.1, 0.15) is 0 Å². The van der Waals surface area contributed by atoms with E-state index >= 15 is 0 Å². The van der Waals surface area contributed by atoms with Crippen LogP contribution in [0.5, 0.6) is 11.6 Å². The van der Waals surface area contributed by atoms with Gasteiger partial charge < -0.3 is 10.1 Å². The van der Waals surface area contributed by atoms with Gasteiger partial charge in [0.2, 0.25) is 17.6 Å².